The predicted molar refractivity (Wildman–Crippen MR) is 94.3 cm³/mol. The van der Waals surface area contributed by atoms with Gasteiger partial charge in [0, 0.05) is 10.6 Å². The zero-order valence-corrected chi connectivity index (χ0v) is 13.5. The van der Waals surface area contributed by atoms with Crippen LogP contribution in [0.1, 0.15) is 41.3 Å². The van der Waals surface area contributed by atoms with Crippen molar-refractivity contribution in [2.45, 2.75) is 19.8 Å². The molecule has 2 aromatic rings. The highest BCUT2D eigenvalue weighted by atomic mass is 35.5. The van der Waals surface area contributed by atoms with Crippen LogP contribution in [0.3, 0.4) is 0 Å². The second-order valence-corrected chi connectivity index (χ2v) is 5.85. The minimum Gasteiger partial charge on any atom is -0.289 e. The van der Waals surface area contributed by atoms with E-state index in [-0.39, 0.29) is 5.78 Å². The second kappa shape index (κ2) is 7.77. The summed E-state index contributed by atoms with van der Waals surface area (Å²) in [6, 6.07) is 17.5. The van der Waals surface area contributed by atoms with E-state index >= 15 is 0 Å². The molecule has 0 aromatic heterocycles. The van der Waals surface area contributed by atoms with Crippen molar-refractivity contribution in [1.29, 1.82) is 0 Å². The van der Waals surface area contributed by atoms with E-state index in [1.54, 1.807) is 6.08 Å². The van der Waals surface area contributed by atoms with Crippen molar-refractivity contribution in [2.24, 2.45) is 0 Å². The summed E-state index contributed by atoms with van der Waals surface area (Å²) in [6.45, 7) is 4.26. The van der Waals surface area contributed by atoms with Gasteiger partial charge in [0.25, 0.3) is 0 Å². The van der Waals surface area contributed by atoms with Crippen LogP contribution in [-0.4, -0.2) is 5.78 Å². The van der Waals surface area contributed by atoms with Crippen LogP contribution in [0, 0.1) is 0 Å². The standard InChI is InChI=1S/C20H19ClO/c1-15(2)17-8-10-18(11-9-17)20(22)13-12-19(21)14-16-6-4-3-5-7-16/h3-15H,1-2H3/b13-12+,19-14-. The molecule has 0 unspecified atom stereocenters. The fourth-order valence-electron chi connectivity index (χ4n) is 2.04. The van der Waals surface area contributed by atoms with Crippen LogP contribution in [0.15, 0.2) is 71.8 Å². The van der Waals surface area contributed by atoms with Crippen LogP contribution in [0.25, 0.3) is 6.08 Å². The molecule has 0 heterocycles. The van der Waals surface area contributed by atoms with E-state index in [4.69, 9.17) is 11.6 Å². The Labute approximate surface area is 136 Å². The van der Waals surface area contributed by atoms with Crippen molar-refractivity contribution in [3.8, 4) is 0 Å². The Kier molecular flexibility index (Phi) is 5.74. The van der Waals surface area contributed by atoms with Gasteiger partial charge < -0.3 is 0 Å². The SMILES string of the molecule is CC(C)c1ccc(C(=O)/C=C/C(Cl)=C/c2ccccc2)cc1. The van der Waals surface area contributed by atoms with Crippen molar-refractivity contribution < 1.29 is 4.79 Å². The van der Waals surface area contributed by atoms with Gasteiger partial charge in [0.05, 0.1) is 0 Å². The Morgan fingerprint density at radius 2 is 1.59 bits per heavy atom. The summed E-state index contributed by atoms with van der Waals surface area (Å²) in [4.78, 5) is 12.1. The minimum absolute atomic E-state index is 0.0464. The molecule has 0 amide bonds. The summed E-state index contributed by atoms with van der Waals surface area (Å²) in [6.07, 6.45) is 4.96. The highest BCUT2D eigenvalue weighted by Crippen LogP contribution is 2.16. The maximum atomic E-state index is 12.1. The molecule has 22 heavy (non-hydrogen) atoms. The molecule has 1 nitrogen and oxygen atoms in total. The van der Waals surface area contributed by atoms with Gasteiger partial charge in [-0.3, -0.25) is 4.79 Å². The first-order valence-electron chi connectivity index (χ1n) is 7.31. The quantitative estimate of drug-likeness (QED) is 0.386. The first-order chi connectivity index (χ1) is 10.6. The summed E-state index contributed by atoms with van der Waals surface area (Å²) >= 11 is 6.14. The van der Waals surface area contributed by atoms with Crippen molar-refractivity contribution in [2.75, 3.05) is 0 Å². The van der Waals surface area contributed by atoms with Gasteiger partial charge in [-0.2, -0.15) is 0 Å². The molecule has 0 N–H and O–H groups in total. The molecule has 0 aliphatic carbocycles. The maximum Gasteiger partial charge on any atom is 0.185 e. The average Bonchev–Trinajstić information content (AvgIpc) is 2.53. The fourth-order valence-corrected chi connectivity index (χ4v) is 2.23. The maximum absolute atomic E-state index is 12.1. The van der Waals surface area contributed by atoms with Gasteiger partial charge >= 0.3 is 0 Å². The number of hydrogen-bond donors (Lipinski definition) is 0. The lowest BCUT2D eigenvalue weighted by molar-refractivity contribution is 0.104. The zero-order chi connectivity index (χ0) is 15.9. The molecular formula is C20H19ClO. The smallest absolute Gasteiger partial charge is 0.185 e. The summed E-state index contributed by atoms with van der Waals surface area (Å²) in [7, 11) is 0. The monoisotopic (exact) mass is 310 g/mol. The molecule has 0 aliphatic heterocycles. The first-order valence-corrected chi connectivity index (χ1v) is 7.68. The van der Waals surface area contributed by atoms with E-state index in [1.165, 1.54) is 11.6 Å². The number of halogens is 1. The summed E-state index contributed by atoms with van der Waals surface area (Å²) in [5, 5.41) is 0.526. The summed E-state index contributed by atoms with van der Waals surface area (Å²) < 4.78 is 0. The number of carbonyl (C=O) groups excluding carboxylic acids is 1. The van der Waals surface area contributed by atoms with Gasteiger partial charge in [-0.1, -0.05) is 80.0 Å². The molecular weight excluding hydrogens is 292 g/mol. The highest BCUT2D eigenvalue weighted by molar-refractivity contribution is 6.33. The van der Waals surface area contributed by atoms with E-state index in [9.17, 15) is 4.79 Å². The zero-order valence-electron chi connectivity index (χ0n) is 12.8. The Hall–Kier alpha value is -2.12. The van der Waals surface area contributed by atoms with E-state index in [0.29, 0.717) is 16.5 Å². The van der Waals surface area contributed by atoms with E-state index in [1.807, 2.05) is 60.7 Å². The van der Waals surface area contributed by atoms with Crippen molar-refractivity contribution in [3.05, 3.63) is 88.5 Å². The van der Waals surface area contributed by atoms with Crippen LogP contribution in [0.4, 0.5) is 0 Å². The van der Waals surface area contributed by atoms with Crippen LogP contribution in [0.5, 0.6) is 0 Å². The van der Waals surface area contributed by atoms with Gasteiger partial charge in [0.15, 0.2) is 5.78 Å². The third-order valence-corrected chi connectivity index (χ3v) is 3.60. The number of rotatable bonds is 5. The molecule has 0 spiro atoms. The molecule has 0 aliphatic rings. The van der Waals surface area contributed by atoms with E-state index in [2.05, 4.69) is 13.8 Å². The van der Waals surface area contributed by atoms with Crippen molar-refractivity contribution in [1.82, 2.24) is 0 Å². The third kappa shape index (κ3) is 4.71. The first kappa shape index (κ1) is 16.3. The Morgan fingerprint density at radius 1 is 0.955 bits per heavy atom. The molecule has 0 saturated carbocycles. The van der Waals surface area contributed by atoms with Crippen LogP contribution in [-0.2, 0) is 0 Å². The molecule has 2 rings (SSSR count). The molecule has 2 aromatic carbocycles. The van der Waals surface area contributed by atoms with E-state index in [0.717, 1.165) is 5.56 Å². The highest BCUT2D eigenvalue weighted by Gasteiger charge is 2.03. The van der Waals surface area contributed by atoms with E-state index < -0.39 is 0 Å². The molecule has 0 radical (unpaired) electrons. The average molecular weight is 311 g/mol. The Bertz CT molecular complexity index is 679. The Balaban J connectivity index is 2.06. The number of hydrogen-bond acceptors (Lipinski definition) is 1. The normalized spacial score (nSPS) is 12.1. The van der Waals surface area contributed by atoms with Crippen LogP contribution >= 0.6 is 11.6 Å². The lowest BCUT2D eigenvalue weighted by atomic mass is 10.0. The Morgan fingerprint density at radius 3 is 2.18 bits per heavy atom. The van der Waals surface area contributed by atoms with Crippen molar-refractivity contribution >= 4 is 23.5 Å². The molecule has 2 heteroatoms. The summed E-state index contributed by atoms with van der Waals surface area (Å²) in [5.41, 5.74) is 2.90. The van der Waals surface area contributed by atoms with Gasteiger partial charge in [0.1, 0.15) is 0 Å². The summed E-state index contributed by atoms with van der Waals surface area (Å²) in [5.74, 6) is 0.415. The molecule has 0 saturated heterocycles. The van der Waals surface area contributed by atoms with Crippen LogP contribution < -0.4 is 0 Å². The van der Waals surface area contributed by atoms with Crippen molar-refractivity contribution in [3.63, 3.8) is 0 Å². The third-order valence-electron chi connectivity index (χ3n) is 3.36. The molecule has 112 valence electrons. The predicted octanol–water partition coefficient (Wildman–Crippen LogP) is 5.83. The number of benzene rings is 2. The van der Waals surface area contributed by atoms with Gasteiger partial charge in [-0.25, -0.2) is 0 Å². The number of ketones is 1. The number of carbonyl (C=O) groups is 1. The number of allylic oxidation sites excluding steroid dienone is 3. The van der Waals surface area contributed by atoms with Gasteiger partial charge in [-0.05, 0) is 35.3 Å². The minimum atomic E-state index is -0.0464. The second-order valence-electron chi connectivity index (χ2n) is 5.41. The van der Waals surface area contributed by atoms with Gasteiger partial charge in [0.2, 0.25) is 0 Å². The lowest BCUT2D eigenvalue weighted by Gasteiger charge is -2.05. The fraction of sp³-hybridized carbons (Fsp3) is 0.150. The molecule has 0 fully saturated rings. The molecule has 0 atom stereocenters. The molecule has 0 bridgehead atoms. The topological polar surface area (TPSA) is 17.1 Å². The largest absolute Gasteiger partial charge is 0.289 e. The van der Waals surface area contributed by atoms with Gasteiger partial charge in [-0.15, -0.1) is 0 Å². The lowest BCUT2D eigenvalue weighted by Crippen LogP contribution is -1.95. The van der Waals surface area contributed by atoms with Crippen LogP contribution in [0.2, 0.25) is 0 Å².